The van der Waals surface area contributed by atoms with Gasteiger partial charge >= 0.3 is 0 Å². The number of aryl methyl sites for hydroxylation is 1. The molecule has 1 aromatic rings. The van der Waals surface area contributed by atoms with Gasteiger partial charge in [-0.1, -0.05) is 35.9 Å². The molecule has 0 heterocycles. The van der Waals surface area contributed by atoms with Crippen LogP contribution in [0.4, 0.5) is 0 Å². The van der Waals surface area contributed by atoms with E-state index in [0.29, 0.717) is 0 Å². The number of hydrogen-bond acceptors (Lipinski definition) is 2. The van der Waals surface area contributed by atoms with Crippen LogP contribution in [-0.4, -0.2) is 18.1 Å². The van der Waals surface area contributed by atoms with Gasteiger partial charge in [-0.25, -0.2) is 0 Å². The summed E-state index contributed by atoms with van der Waals surface area (Å²) in [5, 5.41) is 3.42. The molecule has 15 heavy (non-hydrogen) atoms. The van der Waals surface area contributed by atoms with Crippen LogP contribution >= 0.6 is 11.8 Å². The van der Waals surface area contributed by atoms with Gasteiger partial charge in [0, 0.05) is 24.6 Å². The Kier molecular flexibility index (Phi) is 6.21. The Hall–Kier alpha value is -0.730. The molecule has 0 aromatic heterocycles. The third-order valence-electron chi connectivity index (χ3n) is 2.11. The van der Waals surface area contributed by atoms with Crippen LogP contribution in [0.5, 0.6) is 0 Å². The Morgan fingerprint density at radius 2 is 2.07 bits per heavy atom. The Morgan fingerprint density at radius 3 is 2.73 bits per heavy atom. The van der Waals surface area contributed by atoms with Crippen molar-refractivity contribution in [2.75, 3.05) is 18.1 Å². The first-order valence-corrected chi connectivity index (χ1v) is 6.43. The average Bonchev–Trinajstić information content (AvgIpc) is 2.26. The van der Waals surface area contributed by atoms with Crippen LogP contribution in [0.3, 0.4) is 0 Å². The highest BCUT2D eigenvalue weighted by Crippen LogP contribution is 2.02. The van der Waals surface area contributed by atoms with E-state index in [2.05, 4.69) is 43.1 Å². The molecule has 1 aromatic carbocycles. The molecule has 0 radical (unpaired) electrons. The standard InChI is InChI=1S/C13H19NS/c1-3-9-15-10-8-14-11-13-6-4-12(2)5-7-13/h3-7,14H,1,8-11H2,2H3. The summed E-state index contributed by atoms with van der Waals surface area (Å²) in [6.07, 6.45) is 1.95. The molecule has 0 aliphatic heterocycles. The lowest BCUT2D eigenvalue weighted by molar-refractivity contribution is 0.732. The fourth-order valence-electron chi connectivity index (χ4n) is 1.25. The van der Waals surface area contributed by atoms with Crippen LogP contribution in [0.2, 0.25) is 0 Å². The molecule has 0 atom stereocenters. The molecule has 1 nitrogen and oxygen atoms in total. The first-order valence-electron chi connectivity index (χ1n) is 5.28. The molecule has 0 amide bonds. The van der Waals surface area contributed by atoms with Crippen molar-refractivity contribution < 1.29 is 0 Å². The number of nitrogens with one attached hydrogen (secondary N) is 1. The Morgan fingerprint density at radius 1 is 1.33 bits per heavy atom. The Balaban J connectivity index is 2.09. The molecule has 1 rings (SSSR count). The predicted octanol–water partition coefficient (Wildman–Crippen LogP) is 3.00. The maximum atomic E-state index is 3.69. The van der Waals surface area contributed by atoms with Gasteiger partial charge in [-0.2, -0.15) is 11.8 Å². The summed E-state index contributed by atoms with van der Waals surface area (Å²) < 4.78 is 0. The molecule has 0 aliphatic rings. The number of hydrogen-bond donors (Lipinski definition) is 1. The van der Waals surface area contributed by atoms with Gasteiger partial charge in [0.15, 0.2) is 0 Å². The van der Waals surface area contributed by atoms with Gasteiger partial charge in [-0.05, 0) is 12.5 Å². The average molecular weight is 221 g/mol. The van der Waals surface area contributed by atoms with Crippen molar-refractivity contribution in [3.8, 4) is 0 Å². The number of thioether (sulfide) groups is 1. The number of rotatable bonds is 7. The normalized spacial score (nSPS) is 10.2. The minimum absolute atomic E-state index is 0.967. The van der Waals surface area contributed by atoms with E-state index in [0.717, 1.165) is 24.6 Å². The lowest BCUT2D eigenvalue weighted by Gasteiger charge is -2.04. The van der Waals surface area contributed by atoms with Crippen LogP contribution in [0.25, 0.3) is 0 Å². The van der Waals surface area contributed by atoms with E-state index in [4.69, 9.17) is 0 Å². The maximum Gasteiger partial charge on any atom is 0.0205 e. The zero-order valence-corrected chi connectivity index (χ0v) is 10.1. The van der Waals surface area contributed by atoms with E-state index >= 15 is 0 Å². The molecule has 0 aliphatic carbocycles. The largest absolute Gasteiger partial charge is 0.312 e. The van der Waals surface area contributed by atoms with Gasteiger partial charge in [0.2, 0.25) is 0 Å². The Labute approximate surface area is 97.0 Å². The topological polar surface area (TPSA) is 12.0 Å². The van der Waals surface area contributed by atoms with Gasteiger partial charge in [0.25, 0.3) is 0 Å². The second-order valence-electron chi connectivity index (χ2n) is 3.53. The van der Waals surface area contributed by atoms with E-state index in [9.17, 15) is 0 Å². The van der Waals surface area contributed by atoms with Crippen LogP contribution in [0, 0.1) is 6.92 Å². The summed E-state index contributed by atoms with van der Waals surface area (Å²) in [5.41, 5.74) is 2.68. The first-order chi connectivity index (χ1) is 7.33. The molecular weight excluding hydrogens is 202 g/mol. The van der Waals surface area contributed by atoms with Crippen molar-refractivity contribution in [1.82, 2.24) is 5.32 Å². The van der Waals surface area contributed by atoms with E-state index in [1.54, 1.807) is 0 Å². The minimum atomic E-state index is 0.967. The fraction of sp³-hybridized carbons (Fsp3) is 0.385. The van der Waals surface area contributed by atoms with E-state index < -0.39 is 0 Å². The highest BCUT2D eigenvalue weighted by molar-refractivity contribution is 7.99. The fourth-order valence-corrected chi connectivity index (χ4v) is 1.87. The molecule has 1 N–H and O–H groups in total. The second kappa shape index (κ2) is 7.55. The van der Waals surface area contributed by atoms with Gasteiger partial charge < -0.3 is 5.32 Å². The van der Waals surface area contributed by atoms with E-state index in [1.165, 1.54) is 11.1 Å². The number of benzene rings is 1. The third-order valence-corrected chi connectivity index (χ3v) is 3.07. The van der Waals surface area contributed by atoms with Crippen molar-refractivity contribution in [2.24, 2.45) is 0 Å². The molecule has 0 unspecified atom stereocenters. The monoisotopic (exact) mass is 221 g/mol. The quantitative estimate of drug-likeness (QED) is 0.561. The van der Waals surface area contributed by atoms with Gasteiger partial charge in [0.05, 0.1) is 0 Å². The second-order valence-corrected chi connectivity index (χ2v) is 4.68. The van der Waals surface area contributed by atoms with Gasteiger partial charge in [0.1, 0.15) is 0 Å². The molecule has 0 saturated carbocycles. The smallest absolute Gasteiger partial charge is 0.0205 e. The highest BCUT2D eigenvalue weighted by Gasteiger charge is 1.91. The molecule has 0 bridgehead atoms. The van der Waals surface area contributed by atoms with Crippen LogP contribution in [0.1, 0.15) is 11.1 Å². The summed E-state index contributed by atoms with van der Waals surface area (Å²) in [6.45, 7) is 7.84. The lowest BCUT2D eigenvalue weighted by Crippen LogP contribution is -2.16. The Bertz CT molecular complexity index is 279. The van der Waals surface area contributed by atoms with Gasteiger partial charge in [-0.3, -0.25) is 0 Å². The van der Waals surface area contributed by atoms with Gasteiger partial charge in [-0.15, -0.1) is 6.58 Å². The summed E-state index contributed by atoms with van der Waals surface area (Å²) >= 11 is 1.91. The summed E-state index contributed by atoms with van der Waals surface area (Å²) in [4.78, 5) is 0. The molecule has 0 saturated heterocycles. The molecule has 0 fully saturated rings. The van der Waals surface area contributed by atoms with Crippen molar-refractivity contribution in [3.63, 3.8) is 0 Å². The van der Waals surface area contributed by atoms with E-state index in [1.807, 2.05) is 17.8 Å². The summed E-state index contributed by atoms with van der Waals surface area (Å²) in [7, 11) is 0. The minimum Gasteiger partial charge on any atom is -0.312 e. The van der Waals surface area contributed by atoms with Crippen molar-refractivity contribution >= 4 is 11.8 Å². The molecular formula is C13H19NS. The highest BCUT2D eigenvalue weighted by atomic mass is 32.2. The third kappa shape index (κ3) is 5.65. The predicted molar refractivity (Wildman–Crippen MR) is 70.4 cm³/mol. The van der Waals surface area contributed by atoms with Crippen molar-refractivity contribution in [2.45, 2.75) is 13.5 Å². The van der Waals surface area contributed by atoms with E-state index in [-0.39, 0.29) is 0 Å². The summed E-state index contributed by atoms with van der Waals surface area (Å²) in [5.74, 6) is 2.20. The maximum absolute atomic E-state index is 3.69. The SMILES string of the molecule is C=CCSCCNCc1ccc(C)cc1. The molecule has 82 valence electrons. The zero-order chi connectivity index (χ0) is 10.9. The summed E-state index contributed by atoms with van der Waals surface area (Å²) in [6, 6.07) is 8.67. The zero-order valence-electron chi connectivity index (χ0n) is 9.33. The van der Waals surface area contributed by atoms with Crippen LogP contribution < -0.4 is 5.32 Å². The van der Waals surface area contributed by atoms with Crippen LogP contribution in [0.15, 0.2) is 36.9 Å². The van der Waals surface area contributed by atoms with Crippen molar-refractivity contribution in [3.05, 3.63) is 48.0 Å². The van der Waals surface area contributed by atoms with Crippen LogP contribution in [-0.2, 0) is 6.54 Å². The molecule has 0 spiro atoms. The first kappa shape index (κ1) is 12.3. The molecule has 2 heteroatoms. The van der Waals surface area contributed by atoms with Crippen molar-refractivity contribution in [1.29, 1.82) is 0 Å². The lowest BCUT2D eigenvalue weighted by atomic mass is 10.1.